The van der Waals surface area contributed by atoms with Crippen LogP contribution in [0.5, 0.6) is 0 Å². The van der Waals surface area contributed by atoms with Crippen molar-refractivity contribution in [2.24, 2.45) is 17.3 Å². The van der Waals surface area contributed by atoms with Gasteiger partial charge in [0.1, 0.15) is 0 Å². The Morgan fingerprint density at radius 2 is 1.93 bits per heavy atom. The second kappa shape index (κ2) is 5.59. The minimum absolute atomic E-state index is 0.164. The standard InChI is InChI=1S/C11H21ClO2/c1-8(2)7-9(5-6-12)11(3,4)10(13)14/h8-9H,5-7H2,1-4H3,(H,13,14). The molecule has 1 atom stereocenters. The second-order valence-corrected chi connectivity index (χ2v) is 5.21. The molecule has 3 heteroatoms. The van der Waals surface area contributed by atoms with Crippen molar-refractivity contribution in [1.82, 2.24) is 0 Å². The van der Waals surface area contributed by atoms with Gasteiger partial charge in [0.2, 0.25) is 0 Å². The van der Waals surface area contributed by atoms with Crippen LogP contribution in [0, 0.1) is 17.3 Å². The quantitative estimate of drug-likeness (QED) is 0.697. The lowest BCUT2D eigenvalue weighted by Crippen LogP contribution is -2.34. The normalized spacial score (nSPS) is 14.4. The summed E-state index contributed by atoms with van der Waals surface area (Å²) in [6, 6.07) is 0. The van der Waals surface area contributed by atoms with Crippen LogP contribution in [0.3, 0.4) is 0 Å². The first kappa shape index (κ1) is 13.8. The van der Waals surface area contributed by atoms with Crippen LogP contribution in [0.2, 0.25) is 0 Å². The number of carboxylic acids is 1. The van der Waals surface area contributed by atoms with E-state index in [4.69, 9.17) is 16.7 Å². The molecule has 0 aromatic rings. The molecule has 0 aliphatic rings. The Hall–Kier alpha value is -0.240. The van der Waals surface area contributed by atoms with Crippen molar-refractivity contribution in [1.29, 1.82) is 0 Å². The molecule has 14 heavy (non-hydrogen) atoms. The molecule has 0 aromatic carbocycles. The Morgan fingerprint density at radius 1 is 1.43 bits per heavy atom. The zero-order valence-corrected chi connectivity index (χ0v) is 10.3. The summed E-state index contributed by atoms with van der Waals surface area (Å²) >= 11 is 5.70. The third-order valence-electron chi connectivity index (χ3n) is 2.79. The highest BCUT2D eigenvalue weighted by Gasteiger charge is 2.36. The first-order valence-corrected chi connectivity index (χ1v) is 5.65. The molecule has 84 valence electrons. The number of rotatable bonds is 6. The first-order valence-electron chi connectivity index (χ1n) is 5.11. The number of alkyl halides is 1. The van der Waals surface area contributed by atoms with E-state index in [2.05, 4.69) is 13.8 Å². The molecule has 0 aliphatic carbocycles. The molecular weight excluding hydrogens is 200 g/mol. The Bertz CT molecular complexity index is 188. The largest absolute Gasteiger partial charge is 0.481 e. The van der Waals surface area contributed by atoms with Crippen LogP contribution in [0.1, 0.15) is 40.5 Å². The molecule has 0 spiro atoms. The monoisotopic (exact) mass is 220 g/mol. The lowest BCUT2D eigenvalue weighted by Gasteiger charge is -2.31. The Labute approximate surface area is 91.6 Å². The molecule has 0 radical (unpaired) electrons. The van der Waals surface area contributed by atoms with E-state index in [0.29, 0.717) is 11.8 Å². The van der Waals surface area contributed by atoms with Gasteiger partial charge in [-0.2, -0.15) is 0 Å². The molecule has 1 unspecified atom stereocenters. The number of carbonyl (C=O) groups is 1. The predicted octanol–water partition coefficient (Wildman–Crippen LogP) is 3.39. The van der Waals surface area contributed by atoms with Crippen molar-refractivity contribution in [3.63, 3.8) is 0 Å². The van der Waals surface area contributed by atoms with Crippen molar-refractivity contribution in [2.45, 2.75) is 40.5 Å². The van der Waals surface area contributed by atoms with Gasteiger partial charge in [-0.05, 0) is 38.5 Å². The number of carboxylic acid groups (broad SMARTS) is 1. The molecule has 0 amide bonds. The maximum absolute atomic E-state index is 11.1. The van der Waals surface area contributed by atoms with Gasteiger partial charge in [0.15, 0.2) is 0 Å². The van der Waals surface area contributed by atoms with E-state index in [1.165, 1.54) is 0 Å². The van der Waals surface area contributed by atoms with E-state index in [9.17, 15) is 4.79 Å². The zero-order valence-electron chi connectivity index (χ0n) is 9.51. The summed E-state index contributed by atoms with van der Waals surface area (Å²) in [4.78, 5) is 11.1. The summed E-state index contributed by atoms with van der Waals surface area (Å²) in [5.41, 5.74) is -0.668. The highest BCUT2D eigenvalue weighted by atomic mass is 35.5. The van der Waals surface area contributed by atoms with Crippen LogP contribution in [0.25, 0.3) is 0 Å². The summed E-state index contributed by atoms with van der Waals surface area (Å²) in [6.45, 7) is 7.79. The van der Waals surface area contributed by atoms with Crippen LogP contribution in [-0.2, 0) is 4.79 Å². The van der Waals surface area contributed by atoms with Crippen LogP contribution >= 0.6 is 11.6 Å². The molecular formula is C11H21ClO2. The van der Waals surface area contributed by atoms with E-state index >= 15 is 0 Å². The molecule has 0 fully saturated rings. The molecule has 0 bridgehead atoms. The highest BCUT2D eigenvalue weighted by molar-refractivity contribution is 6.17. The van der Waals surface area contributed by atoms with Gasteiger partial charge < -0.3 is 5.11 Å². The maximum Gasteiger partial charge on any atom is 0.309 e. The molecule has 1 N–H and O–H groups in total. The summed E-state index contributed by atoms with van der Waals surface area (Å²) in [5.74, 6) is 0.487. The van der Waals surface area contributed by atoms with Gasteiger partial charge in [-0.25, -0.2) is 0 Å². The minimum Gasteiger partial charge on any atom is -0.481 e. The zero-order chi connectivity index (χ0) is 11.4. The van der Waals surface area contributed by atoms with E-state index in [1.54, 1.807) is 13.8 Å². The Balaban J connectivity index is 4.54. The van der Waals surface area contributed by atoms with Crippen LogP contribution in [-0.4, -0.2) is 17.0 Å². The average molecular weight is 221 g/mol. The Kier molecular flexibility index (Phi) is 5.50. The maximum atomic E-state index is 11.1. The van der Waals surface area contributed by atoms with Crippen molar-refractivity contribution < 1.29 is 9.90 Å². The van der Waals surface area contributed by atoms with Gasteiger partial charge in [0.05, 0.1) is 5.41 Å². The van der Waals surface area contributed by atoms with Crippen LogP contribution in [0.15, 0.2) is 0 Å². The molecule has 0 heterocycles. The van der Waals surface area contributed by atoms with Gasteiger partial charge in [0, 0.05) is 5.88 Å². The molecule has 0 aromatic heterocycles. The molecule has 0 saturated carbocycles. The number of aliphatic carboxylic acids is 1. The fraction of sp³-hybridized carbons (Fsp3) is 0.909. The van der Waals surface area contributed by atoms with Crippen molar-refractivity contribution in [3.8, 4) is 0 Å². The van der Waals surface area contributed by atoms with Crippen LogP contribution in [0.4, 0.5) is 0 Å². The topological polar surface area (TPSA) is 37.3 Å². The Morgan fingerprint density at radius 3 is 2.21 bits per heavy atom. The number of hydrogen-bond donors (Lipinski definition) is 1. The first-order chi connectivity index (χ1) is 6.32. The summed E-state index contributed by atoms with van der Waals surface area (Å²) in [6.07, 6.45) is 1.70. The SMILES string of the molecule is CC(C)CC(CCCl)C(C)(C)C(=O)O. The molecule has 0 saturated heterocycles. The van der Waals surface area contributed by atoms with E-state index < -0.39 is 11.4 Å². The molecule has 0 rings (SSSR count). The van der Waals surface area contributed by atoms with Gasteiger partial charge in [-0.15, -0.1) is 11.6 Å². The lowest BCUT2D eigenvalue weighted by atomic mass is 9.73. The fourth-order valence-corrected chi connectivity index (χ4v) is 1.91. The van der Waals surface area contributed by atoms with Gasteiger partial charge in [-0.1, -0.05) is 13.8 Å². The van der Waals surface area contributed by atoms with Gasteiger partial charge >= 0.3 is 5.97 Å². The lowest BCUT2D eigenvalue weighted by molar-refractivity contribution is -0.150. The van der Waals surface area contributed by atoms with Crippen LogP contribution < -0.4 is 0 Å². The average Bonchev–Trinajstić information content (AvgIpc) is 2.02. The van der Waals surface area contributed by atoms with E-state index in [-0.39, 0.29) is 5.92 Å². The number of hydrogen-bond acceptors (Lipinski definition) is 1. The smallest absolute Gasteiger partial charge is 0.309 e. The molecule has 0 aliphatic heterocycles. The van der Waals surface area contributed by atoms with E-state index in [0.717, 1.165) is 12.8 Å². The summed E-state index contributed by atoms with van der Waals surface area (Å²) in [5, 5.41) is 9.11. The van der Waals surface area contributed by atoms with E-state index in [1.807, 2.05) is 0 Å². The van der Waals surface area contributed by atoms with Gasteiger partial charge in [0.25, 0.3) is 0 Å². The summed E-state index contributed by atoms with van der Waals surface area (Å²) in [7, 11) is 0. The fourth-order valence-electron chi connectivity index (χ4n) is 1.65. The predicted molar refractivity (Wildman–Crippen MR) is 59.7 cm³/mol. The number of halogens is 1. The highest BCUT2D eigenvalue weighted by Crippen LogP contribution is 2.34. The van der Waals surface area contributed by atoms with Crippen molar-refractivity contribution >= 4 is 17.6 Å². The van der Waals surface area contributed by atoms with Crippen molar-refractivity contribution in [3.05, 3.63) is 0 Å². The third kappa shape index (κ3) is 3.87. The molecule has 2 nitrogen and oxygen atoms in total. The summed E-state index contributed by atoms with van der Waals surface area (Å²) < 4.78 is 0. The van der Waals surface area contributed by atoms with Crippen molar-refractivity contribution in [2.75, 3.05) is 5.88 Å². The second-order valence-electron chi connectivity index (χ2n) is 4.83. The van der Waals surface area contributed by atoms with Gasteiger partial charge in [-0.3, -0.25) is 4.79 Å². The minimum atomic E-state index is -0.728. The third-order valence-corrected chi connectivity index (χ3v) is 3.00.